The Labute approximate surface area is 199 Å². The van der Waals surface area contributed by atoms with Crippen molar-refractivity contribution in [2.24, 2.45) is 11.8 Å². The van der Waals surface area contributed by atoms with E-state index >= 15 is 0 Å². The summed E-state index contributed by atoms with van der Waals surface area (Å²) in [6.45, 7) is 5.79. The summed E-state index contributed by atoms with van der Waals surface area (Å²) in [7, 11) is 0. The number of amides is 3. The molecule has 8 nitrogen and oxygen atoms in total. The summed E-state index contributed by atoms with van der Waals surface area (Å²) in [5.41, 5.74) is -0.967. The fraction of sp³-hybridized carbons (Fsp3) is 0.870. The summed E-state index contributed by atoms with van der Waals surface area (Å²) in [6, 6.07) is -0.719. The van der Waals surface area contributed by atoms with E-state index in [1.165, 1.54) is 0 Å². The van der Waals surface area contributed by atoms with Crippen LogP contribution in [-0.4, -0.2) is 76.5 Å². The van der Waals surface area contributed by atoms with Crippen LogP contribution in [-0.2, 0) is 19.1 Å². The van der Waals surface area contributed by atoms with Crippen molar-refractivity contribution in [3.05, 3.63) is 0 Å². The van der Waals surface area contributed by atoms with Crippen LogP contribution in [0.2, 0.25) is 0 Å². The minimum Gasteiger partial charge on any atom is -0.396 e. The molecule has 0 aromatic rings. The van der Waals surface area contributed by atoms with Crippen molar-refractivity contribution >= 4 is 33.7 Å². The van der Waals surface area contributed by atoms with E-state index in [0.29, 0.717) is 26.1 Å². The third-order valence-corrected chi connectivity index (χ3v) is 7.87. The van der Waals surface area contributed by atoms with Crippen LogP contribution in [0.4, 0.5) is 0 Å². The Hall–Kier alpha value is -1.19. The van der Waals surface area contributed by atoms with Gasteiger partial charge in [-0.15, -0.1) is 0 Å². The van der Waals surface area contributed by atoms with Crippen LogP contribution in [0.1, 0.15) is 65.2 Å². The Morgan fingerprint density at radius 1 is 1.09 bits per heavy atom. The molecule has 3 unspecified atom stereocenters. The number of rotatable bonds is 13. The molecule has 9 heteroatoms. The number of aliphatic hydroxyl groups is 1. The van der Waals surface area contributed by atoms with Gasteiger partial charge >= 0.3 is 0 Å². The van der Waals surface area contributed by atoms with Crippen molar-refractivity contribution in [3.8, 4) is 0 Å². The van der Waals surface area contributed by atoms with E-state index in [1.54, 1.807) is 4.90 Å². The number of hydrogen-bond acceptors (Lipinski definition) is 5. The minimum atomic E-state index is -0.967. The van der Waals surface area contributed by atoms with Gasteiger partial charge in [0.05, 0.1) is 17.9 Å². The molecule has 3 fully saturated rings. The average molecular weight is 516 g/mol. The van der Waals surface area contributed by atoms with Crippen molar-refractivity contribution in [2.75, 3.05) is 26.2 Å². The van der Waals surface area contributed by atoms with E-state index < -0.39 is 29.6 Å². The van der Waals surface area contributed by atoms with Gasteiger partial charge in [-0.25, -0.2) is 0 Å². The number of carbonyl (C=O) groups excluding carboxylic acids is 3. The minimum absolute atomic E-state index is 0.0700. The Balaban J connectivity index is 1.85. The molecular formula is C23H38BrN3O5. The van der Waals surface area contributed by atoms with Crippen molar-refractivity contribution in [3.63, 3.8) is 0 Å². The molecule has 0 saturated carbocycles. The number of fused-ring (bicyclic) bond motifs is 1. The van der Waals surface area contributed by atoms with E-state index in [-0.39, 0.29) is 29.2 Å². The predicted octanol–water partition coefficient (Wildman–Crippen LogP) is 1.73. The number of nitrogens with zero attached hydrogens (tertiary/aromatic N) is 1. The Morgan fingerprint density at radius 3 is 2.50 bits per heavy atom. The van der Waals surface area contributed by atoms with Gasteiger partial charge in [-0.05, 0) is 32.1 Å². The molecule has 0 aliphatic carbocycles. The molecule has 3 saturated heterocycles. The first-order valence-corrected chi connectivity index (χ1v) is 13.1. The maximum absolute atomic E-state index is 13.7. The van der Waals surface area contributed by atoms with Crippen LogP contribution >= 0.6 is 15.9 Å². The second-order valence-corrected chi connectivity index (χ2v) is 10.4. The number of nitrogens with one attached hydrogen (secondary N) is 2. The van der Waals surface area contributed by atoms with Crippen LogP contribution in [0.15, 0.2) is 0 Å². The van der Waals surface area contributed by atoms with E-state index in [2.05, 4.69) is 33.5 Å². The highest BCUT2D eigenvalue weighted by Crippen LogP contribution is 2.59. The fourth-order valence-corrected chi connectivity index (χ4v) is 6.51. The number of aliphatic hydroxyl groups excluding tert-OH is 1. The predicted molar refractivity (Wildman–Crippen MR) is 124 cm³/mol. The maximum atomic E-state index is 13.7. The lowest BCUT2D eigenvalue weighted by atomic mass is 9.70. The fourth-order valence-electron chi connectivity index (χ4n) is 5.57. The number of alkyl halides is 1. The smallest absolute Gasteiger partial charge is 0.245 e. The summed E-state index contributed by atoms with van der Waals surface area (Å²) < 4.78 is 6.43. The van der Waals surface area contributed by atoms with E-state index in [4.69, 9.17) is 9.84 Å². The highest BCUT2D eigenvalue weighted by molar-refractivity contribution is 9.09. The van der Waals surface area contributed by atoms with Crippen LogP contribution in [0.5, 0.6) is 0 Å². The van der Waals surface area contributed by atoms with Crippen molar-refractivity contribution in [2.45, 2.75) is 87.8 Å². The average Bonchev–Trinajstić information content (AvgIpc) is 3.35. The topological polar surface area (TPSA) is 108 Å². The maximum Gasteiger partial charge on any atom is 0.245 e. The molecule has 1 spiro atoms. The zero-order chi connectivity index (χ0) is 23.3. The number of likely N-dealkylation sites (tertiary alicyclic amines) is 1. The Morgan fingerprint density at radius 2 is 1.81 bits per heavy atom. The number of hydrogen-bond donors (Lipinski definition) is 3. The normalized spacial score (nSPS) is 32.9. The zero-order valence-electron chi connectivity index (χ0n) is 19.3. The summed E-state index contributed by atoms with van der Waals surface area (Å²) in [6.07, 6.45) is 6.02. The van der Waals surface area contributed by atoms with Crippen molar-refractivity contribution in [1.29, 1.82) is 0 Å². The van der Waals surface area contributed by atoms with Gasteiger partial charge in [-0.2, -0.15) is 0 Å². The van der Waals surface area contributed by atoms with Gasteiger partial charge in [-0.3, -0.25) is 14.4 Å². The van der Waals surface area contributed by atoms with Gasteiger partial charge in [0.15, 0.2) is 0 Å². The molecule has 3 aliphatic rings. The number of ether oxygens (including phenoxy) is 1. The first-order valence-electron chi connectivity index (χ1n) is 12.2. The first kappa shape index (κ1) is 25.4. The molecule has 3 aliphatic heterocycles. The third-order valence-electron chi connectivity index (χ3n) is 7.03. The molecule has 2 bridgehead atoms. The van der Waals surface area contributed by atoms with Crippen LogP contribution in [0, 0.1) is 11.8 Å². The van der Waals surface area contributed by atoms with Crippen LogP contribution in [0.3, 0.4) is 0 Å². The highest BCUT2D eigenvalue weighted by Gasteiger charge is 2.76. The molecule has 0 aromatic carbocycles. The first-order chi connectivity index (χ1) is 15.4. The molecule has 3 amide bonds. The SMILES string of the molecule is CCCCNC(=O)C1N(CCCCCCO)C(=O)[C@@H]2[C@H](C(=O)NCCC)[C@H]3OC12CC3Br. The number of carbonyl (C=O) groups is 3. The van der Waals surface area contributed by atoms with Crippen LogP contribution < -0.4 is 10.6 Å². The summed E-state index contributed by atoms with van der Waals surface area (Å²) in [4.78, 5) is 41.7. The van der Waals surface area contributed by atoms with Gasteiger partial charge in [0, 0.05) is 31.1 Å². The highest BCUT2D eigenvalue weighted by atomic mass is 79.9. The van der Waals surface area contributed by atoms with Gasteiger partial charge in [-0.1, -0.05) is 49.0 Å². The molecule has 182 valence electrons. The third kappa shape index (κ3) is 4.71. The van der Waals surface area contributed by atoms with Gasteiger partial charge < -0.3 is 25.4 Å². The van der Waals surface area contributed by atoms with Crippen molar-refractivity contribution < 1.29 is 24.2 Å². The lowest BCUT2D eigenvalue weighted by molar-refractivity contribution is -0.142. The summed E-state index contributed by atoms with van der Waals surface area (Å²) in [5.74, 6) is -1.69. The van der Waals surface area contributed by atoms with Gasteiger partial charge in [0.2, 0.25) is 17.7 Å². The lowest BCUT2D eigenvalue weighted by Gasteiger charge is -2.34. The quantitative estimate of drug-likeness (QED) is 0.255. The number of unbranched alkanes of at least 4 members (excludes halogenated alkanes) is 4. The second-order valence-electron chi connectivity index (χ2n) is 9.27. The van der Waals surface area contributed by atoms with Gasteiger partial charge in [0.1, 0.15) is 11.6 Å². The molecule has 0 radical (unpaired) electrons. The van der Waals surface area contributed by atoms with Crippen molar-refractivity contribution in [1.82, 2.24) is 15.5 Å². The second kappa shape index (κ2) is 11.3. The van der Waals surface area contributed by atoms with E-state index in [1.807, 2.05) is 6.92 Å². The monoisotopic (exact) mass is 515 g/mol. The lowest BCUT2D eigenvalue weighted by Crippen LogP contribution is -2.56. The molecule has 3 rings (SSSR count). The summed E-state index contributed by atoms with van der Waals surface area (Å²) >= 11 is 3.67. The molecule has 3 heterocycles. The zero-order valence-corrected chi connectivity index (χ0v) is 20.9. The molecule has 0 aromatic heterocycles. The number of halogens is 1. The molecule has 3 N–H and O–H groups in total. The molecule has 32 heavy (non-hydrogen) atoms. The van der Waals surface area contributed by atoms with E-state index in [0.717, 1.165) is 44.9 Å². The largest absolute Gasteiger partial charge is 0.396 e. The molecule has 6 atom stereocenters. The molecular weight excluding hydrogens is 478 g/mol. The van der Waals surface area contributed by atoms with Gasteiger partial charge in [0.25, 0.3) is 0 Å². The van der Waals surface area contributed by atoms with Crippen LogP contribution in [0.25, 0.3) is 0 Å². The Bertz CT molecular complexity index is 693. The summed E-state index contributed by atoms with van der Waals surface area (Å²) in [5, 5.41) is 15.0. The Kier molecular flexibility index (Phi) is 8.97. The standard InChI is InChI=1S/C23H38BrN3O5/c1-3-5-11-26-21(30)19-23-14-15(24)18(32-23)16(20(29)25-10-4-2)17(23)22(31)27(19)12-8-6-7-9-13-28/h15-19,28H,3-14H2,1-2H3,(H,25,29)(H,26,30)/t15?,16-,17-,18-,19?,23?/m0/s1. The van der Waals surface area contributed by atoms with E-state index in [9.17, 15) is 14.4 Å².